The molecule has 7 nitrogen and oxygen atoms in total. The smallest absolute Gasteiger partial charge is 0.194 e. The van der Waals surface area contributed by atoms with Gasteiger partial charge < -0.3 is 15.0 Å². The first kappa shape index (κ1) is 19.6. The van der Waals surface area contributed by atoms with Crippen LogP contribution in [-0.4, -0.2) is 57.5 Å². The number of nitrogens with zero attached hydrogens (tertiary/aromatic N) is 5. The lowest BCUT2D eigenvalue weighted by Gasteiger charge is -2.23. The molecule has 5 rings (SSSR count). The molecular formula is C20H27IN6O. The summed E-state index contributed by atoms with van der Waals surface area (Å²) in [5.74, 6) is 2.41. The molecule has 4 atom stereocenters. The van der Waals surface area contributed by atoms with Gasteiger partial charge in [0.2, 0.25) is 0 Å². The lowest BCUT2D eigenvalue weighted by Crippen LogP contribution is -2.41. The molecule has 3 aliphatic heterocycles. The van der Waals surface area contributed by atoms with Gasteiger partial charge in [0.15, 0.2) is 5.96 Å². The minimum atomic E-state index is 0. The number of likely N-dealkylation sites (tertiary alicyclic amines) is 1. The van der Waals surface area contributed by atoms with Gasteiger partial charge in [0.1, 0.15) is 12.7 Å². The molecule has 3 aliphatic rings. The number of aromatic nitrogens is 3. The first-order chi connectivity index (χ1) is 13.3. The fraction of sp³-hybridized carbons (Fsp3) is 0.550. The SMILES string of the molecule is CCNC(=NCc1ccc(-n2cncn2)cc1)N1CC2C3CCC(O3)C2C1.I. The van der Waals surface area contributed by atoms with Crippen molar-refractivity contribution in [3.63, 3.8) is 0 Å². The Morgan fingerprint density at radius 2 is 1.89 bits per heavy atom. The normalized spacial score (nSPS) is 28.3. The Hall–Kier alpha value is -1.68. The molecule has 2 bridgehead atoms. The quantitative estimate of drug-likeness (QED) is 0.402. The topological polar surface area (TPSA) is 67.6 Å². The molecule has 0 radical (unpaired) electrons. The minimum Gasteiger partial charge on any atom is -0.374 e. The first-order valence-electron chi connectivity index (χ1n) is 9.94. The van der Waals surface area contributed by atoms with Crippen LogP contribution in [0, 0.1) is 11.8 Å². The predicted molar refractivity (Wildman–Crippen MR) is 118 cm³/mol. The molecule has 0 saturated carbocycles. The molecular weight excluding hydrogens is 467 g/mol. The van der Waals surface area contributed by atoms with Crippen molar-refractivity contribution in [1.29, 1.82) is 0 Å². The van der Waals surface area contributed by atoms with Gasteiger partial charge in [-0.3, -0.25) is 0 Å². The summed E-state index contributed by atoms with van der Waals surface area (Å²) in [4.78, 5) is 11.3. The van der Waals surface area contributed by atoms with Crippen molar-refractivity contribution in [3.05, 3.63) is 42.5 Å². The van der Waals surface area contributed by atoms with E-state index >= 15 is 0 Å². The van der Waals surface area contributed by atoms with E-state index < -0.39 is 0 Å². The average Bonchev–Trinajstić information content (AvgIpc) is 3.47. The number of hydrogen-bond acceptors (Lipinski definition) is 4. The Morgan fingerprint density at radius 1 is 1.18 bits per heavy atom. The Morgan fingerprint density at radius 3 is 2.50 bits per heavy atom. The van der Waals surface area contributed by atoms with Crippen LogP contribution >= 0.6 is 24.0 Å². The first-order valence-corrected chi connectivity index (χ1v) is 9.94. The van der Waals surface area contributed by atoms with Crippen LogP contribution in [0.15, 0.2) is 41.9 Å². The summed E-state index contributed by atoms with van der Waals surface area (Å²) in [7, 11) is 0. The maximum Gasteiger partial charge on any atom is 0.194 e. The van der Waals surface area contributed by atoms with Crippen molar-refractivity contribution in [2.75, 3.05) is 19.6 Å². The van der Waals surface area contributed by atoms with Crippen molar-refractivity contribution in [1.82, 2.24) is 25.0 Å². The van der Waals surface area contributed by atoms with Gasteiger partial charge >= 0.3 is 0 Å². The zero-order valence-corrected chi connectivity index (χ0v) is 18.4. The third kappa shape index (κ3) is 3.63. The lowest BCUT2D eigenvalue weighted by molar-refractivity contribution is 0.0767. The van der Waals surface area contributed by atoms with E-state index in [0.29, 0.717) is 30.6 Å². The van der Waals surface area contributed by atoms with Crippen molar-refractivity contribution in [2.45, 2.75) is 38.5 Å². The highest BCUT2D eigenvalue weighted by molar-refractivity contribution is 14.0. The third-order valence-electron chi connectivity index (χ3n) is 6.12. The summed E-state index contributed by atoms with van der Waals surface area (Å²) < 4.78 is 7.86. The van der Waals surface area contributed by atoms with Gasteiger partial charge in [-0.1, -0.05) is 12.1 Å². The van der Waals surface area contributed by atoms with Gasteiger partial charge in [0.25, 0.3) is 0 Å². The average molecular weight is 494 g/mol. The number of ether oxygens (including phenoxy) is 1. The second kappa shape index (κ2) is 8.36. The Kier molecular flexibility index (Phi) is 5.86. The van der Waals surface area contributed by atoms with E-state index in [2.05, 4.69) is 51.5 Å². The molecule has 8 heteroatoms. The van der Waals surface area contributed by atoms with Crippen LogP contribution in [0.4, 0.5) is 0 Å². The molecule has 150 valence electrons. The molecule has 28 heavy (non-hydrogen) atoms. The summed E-state index contributed by atoms with van der Waals surface area (Å²) >= 11 is 0. The fourth-order valence-electron chi connectivity index (χ4n) is 4.82. The second-order valence-corrected chi connectivity index (χ2v) is 7.70. The van der Waals surface area contributed by atoms with Crippen LogP contribution in [0.2, 0.25) is 0 Å². The molecule has 1 N–H and O–H groups in total. The predicted octanol–water partition coefficient (Wildman–Crippen LogP) is 2.46. The van der Waals surface area contributed by atoms with Gasteiger partial charge in [0.05, 0.1) is 24.4 Å². The van der Waals surface area contributed by atoms with Gasteiger partial charge in [-0.2, -0.15) is 5.10 Å². The molecule has 0 spiro atoms. The van der Waals surface area contributed by atoms with Gasteiger partial charge in [-0.15, -0.1) is 24.0 Å². The lowest BCUT2D eigenvalue weighted by atomic mass is 9.82. The number of benzene rings is 1. The molecule has 1 aromatic heterocycles. The largest absolute Gasteiger partial charge is 0.374 e. The summed E-state index contributed by atoms with van der Waals surface area (Å²) in [6, 6.07) is 8.33. The summed E-state index contributed by atoms with van der Waals surface area (Å²) in [6.45, 7) is 5.84. The van der Waals surface area contributed by atoms with E-state index in [9.17, 15) is 0 Å². The van der Waals surface area contributed by atoms with Crippen LogP contribution in [-0.2, 0) is 11.3 Å². The number of fused-ring (bicyclic) bond motifs is 5. The number of nitrogens with one attached hydrogen (secondary N) is 1. The number of rotatable bonds is 4. The molecule has 1 aromatic carbocycles. The van der Waals surface area contributed by atoms with Crippen LogP contribution in [0.3, 0.4) is 0 Å². The number of aliphatic imine (C=N–C) groups is 1. The standard InChI is InChI=1S/C20H26N6O.HI/c1-2-22-20(25-10-16-17(11-25)19-8-7-18(16)27-19)23-9-14-3-5-15(6-4-14)26-13-21-12-24-26;/h3-6,12-13,16-19H,2,7-11H2,1H3,(H,22,23);1H. The van der Waals surface area contributed by atoms with E-state index in [-0.39, 0.29) is 24.0 Å². The maximum absolute atomic E-state index is 6.10. The highest BCUT2D eigenvalue weighted by atomic mass is 127. The van der Waals surface area contributed by atoms with Crippen molar-refractivity contribution in [2.24, 2.45) is 16.8 Å². The molecule has 2 aromatic rings. The van der Waals surface area contributed by atoms with E-state index in [1.807, 2.05) is 0 Å². The monoisotopic (exact) mass is 494 g/mol. The Labute approximate surface area is 182 Å². The molecule has 3 saturated heterocycles. The third-order valence-corrected chi connectivity index (χ3v) is 6.12. The highest BCUT2D eigenvalue weighted by Crippen LogP contribution is 2.47. The summed E-state index contributed by atoms with van der Waals surface area (Å²) in [5.41, 5.74) is 2.20. The van der Waals surface area contributed by atoms with Gasteiger partial charge in [0, 0.05) is 31.5 Å². The molecule has 3 fully saturated rings. The Bertz CT molecular complexity index is 791. The fourth-order valence-corrected chi connectivity index (χ4v) is 4.82. The number of hydrogen-bond donors (Lipinski definition) is 1. The van der Waals surface area contributed by atoms with Crippen molar-refractivity contribution < 1.29 is 4.74 Å². The maximum atomic E-state index is 6.10. The Balaban J connectivity index is 0.00000192. The molecule has 0 aliphatic carbocycles. The van der Waals surface area contributed by atoms with E-state index in [4.69, 9.17) is 9.73 Å². The molecule has 4 heterocycles. The van der Waals surface area contributed by atoms with Gasteiger partial charge in [-0.25, -0.2) is 14.7 Å². The van der Waals surface area contributed by atoms with Crippen molar-refractivity contribution in [3.8, 4) is 5.69 Å². The van der Waals surface area contributed by atoms with Crippen LogP contribution in [0.5, 0.6) is 0 Å². The summed E-state index contributed by atoms with van der Waals surface area (Å²) in [6.07, 6.45) is 6.70. The number of guanidine groups is 1. The van der Waals surface area contributed by atoms with Crippen LogP contribution in [0.1, 0.15) is 25.3 Å². The minimum absolute atomic E-state index is 0. The van der Waals surface area contributed by atoms with E-state index in [0.717, 1.165) is 31.3 Å². The van der Waals surface area contributed by atoms with E-state index in [1.165, 1.54) is 18.4 Å². The van der Waals surface area contributed by atoms with Crippen molar-refractivity contribution >= 4 is 29.9 Å². The van der Waals surface area contributed by atoms with Crippen LogP contribution in [0.25, 0.3) is 5.69 Å². The van der Waals surface area contributed by atoms with Gasteiger partial charge in [-0.05, 0) is 37.5 Å². The van der Waals surface area contributed by atoms with Crippen LogP contribution < -0.4 is 5.32 Å². The summed E-state index contributed by atoms with van der Waals surface area (Å²) in [5, 5.41) is 7.64. The second-order valence-electron chi connectivity index (χ2n) is 7.70. The zero-order chi connectivity index (χ0) is 18.2. The van der Waals surface area contributed by atoms with E-state index in [1.54, 1.807) is 17.3 Å². The highest BCUT2D eigenvalue weighted by Gasteiger charge is 2.53. The molecule has 0 amide bonds. The zero-order valence-electron chi connectivity index (χ0n) is 16.1. The number of halogens is 1. The molecule has 4 unspecified atom stereocenters.